The molecule has 0 unspecified atom stereocenters. The number of benzene rings is 3. The van der Waals surface area contributed by atoms with E-state index in [4.69, 9.17) is 14.3 Å². The summed E-state index contributed by atoms with van der Waals surface area (Å²) in [5.74, 6) is 0.610. The van der Waals surface area contributed by atoms with Crippen LogP contribution in [0.5, 0.6) is 0 Å². The number of fused-ring (bicyclic) bond motifs is 2. The van der Waals surface area contributed by atoms with Gasteiger partial charge in [-0.3, -0.25) is 4.79 Å². The molecule has 0 bridgehead atoms. The van der Waals surface area contributed by atoms with Gasteiger partial charge in [-0.2, -0.15) is 0 Å². The van der Waals surface area contributed by atoms with Gasteiger partial charge < -0.3 is 24.5 Å². The molecule has 1 aliphatic carbocycles. The SMILES string of the molecule is CC[N+](CC)=c1ccc2c(-c3ccccc3C(=O)N(C)CCOC(=O)NCCCCCCO)c3ccc(C)cc3oc-2c1. The van der Waals surface area contributed by atoms with Crippen LogP contribution in [0.15, 0.2) is 65.1 Å². The zero-order valence-corrected chi connectivity index (χ0v) is 25.8. The van der Waals surface area contributed by atoms with E-state index in [9.17, 15) is 9.59 Å². The van der Waals surface area contributed by atoms with Crippen LogP contribution in [-0.4, -0.2) is 68.4 Å². The number of alkyl carbamates (subject to hydrolysis) is 1. The van der Waals surface area contributed by atoms with Gasteiger partial charge in [0.2, 0.25) is 5.36 Å². The summed E-state index contributed by atoms with van der Waals surface area (Å²) in [6.45, 7) is 9.16. The van der Waals surface area contributed by atoms with Crippen LogP contribution in [-0.2, 0) is 4.74 Å². The molecule has 2 aromatic carbocycles. The highest BCUT2D eigenvalue weighted by Crippen LogP contribution is 2.41. The van der Waals surface area contributed by atoms with Gasteiger partial charge in [0.15, 0.2) is 0 Å². The third-order valence-electron chi connectivity index (χ3n) is 7.78. The van der Waals surface area contributed by atoms with Crippen molar-refractivity contribution in [2.45, 2.75) is 46.5 Å². The molecular weight excluding hydrogens is 542 g/mol. The van der Waals surface area contributed by atoms with Crippen molar-refractivity contribution >= 4 is 23.0 Å². The van der Waals surface area contributed by atoms with Gasteiger partial charge in [0.05, 0.1) is 12.6 Å². The maximum atomic E-state index is 13.8. The van der Waals surface area contributed by atoms with Crippen molar-refractivity contribution in [1.82, 2.24) is 14.8 Å². The van der Waals surface area contributed by atoms with E-state index < -0.39 is 6.09 Å². The third-order valence-corrected chi connectivity index (χ3v) is 7.78. The normalized spacial score (nSPS) is 11.1. The number of carbonyl (C=O) groups is 2. The lowest BCUT2D eigenvalue weighted by molar-refractivity contribution is 0.0745. The second kappa shape index (κ2) is 15.3. The van der Waals surface area contributed by atoms with E-state index in [0.29, 0.717) is 12.1 Å². The molecule has 2 aliphatic rings. The Morgan fingerprint density at radius 3 is 2.49 bits per heavy atom. The van der Waals surface area contributed by atoms with Crippen molar-refractivity contribution in [3.63, 3.8) is 0 Å². The monoisotopic (exact) mass is 586 g/mol. The van der Waals surface area contributed by atoms with Crippen LogP contribution >= 0.6 is 0 Å². The summed E-state index contributed by atoms with van der Waals surface area (Å²) in [7, 11) is 1.72. The fourth-order valence-electron chi connectivity index (χ4n) is 5.36. The van der Waals surface area contributed by atoms with Crippen LogP contribution in [0.25, 0.3) is 33.4 Å². The molecule has 0 aromatic heterocycles. The van der Waals surface area contributed by atoms with Crippen LogP contribution in [0.3, 0.4) is 0 Å². The molecule has 8 nitrogen and oxygen atoms in total. The molecule has 0 saturated carbocycles. The molecule has 1 aliphatic heterocycles. The number of nitrogens with one attached hydrogen (secondary N) is 1. The molecule has 0 spiro atoms. The van der Waals surface area contributed by atoms with Crippen LogP contribution in [0.2, 0.25) is 0 Å². The molecule has 0 radical (unpaired) electrons. The van der Waals surface area contributed by atoms with Crippen LogP contribution in [0, 0.1) is 6.92 Å². The number of carbonyl (C=O) groups excluding carboxylic acids is 2. The Morgan fingerprint density at radius 2 is 1.72 bits per heavy atom. The van der Waals surface area contributed by atoms with Gasteiger partial charge in [-0.15, -0.1) is 0 Å². The van der Waals surface area contributed by atoms with E-state index in [2.05, 4.69) is 54.1 Å². The predicted octanol–water partition coefficient (Wildman–Crippen LogP) is 5.68. The number of ether oxygens (including phenoxy) is 1. The average molecular weight is 587 g/mol. The first-order valence-corrected chi connectivity index (χ1v) is 15.3. The highest BCUT2D eigenvalue weighted by Gasteiger charge is 2.23. The van der Waals surface area contributed by atoms with Crippen LogP contribution in [0.4, 0.5) is 4.79 Å². The average Bonchev–Trinajstić information content (AvgIpc) is 3.01. The number of rotatable bonds is 13. The Bertz CT molecular complexity index is 1590. The summed E-state index contributed by atoms with van der Waals surface area (Å²) >= 11 is 0. The summed E-state index contributed by atoms with van der Waals surface area (Å²) < 4.78 is 14.1. The number of aryl methyl sites for hydroxylation is 1. The Labute approximate surface area is 253 Å². The summed E-state index contributed by atoms with van der Waals surface area (Å²) in [4.78, 5) is 27.4. The van der Waals surface area contributed by atoms with Crippen molar-refractivity contribution in [2.75, 3.05) is 46.4 Å². The Morgan fingerprint density at radius 1 is 0.953 bits per heavy atom. The number of aliphatic hydroxyl groups is 1. The van der Waals surface area contributed by atoms with E-state index in [1.54, 1.807) is 11.9 Å². The molecule has 2 amide bonds. The molecule has 8 heteroatoms. The molecule has 0 atom stereocenters. The summed E-state index contributed by atoms with van der Waals surface area (Å²) in [6.07, 6.45) is 2.98. The number of hydrogen-bond donors (Lipinski definition) is 2. The number of amides is 2. The summed E-state index contributed by atoms with van der Waals surface area (Å²) in [5, 5.41) is 13.6. The van der Waals surface area contributed by atoms with Crippen LogP contribution in [0.1, 0.15) is 55.5 Å². The van der Waals surface area contributed by atoms with Crippen molar-refractivity contribution in [2.24, 2.45) is 0 Å². The fraction of sp³-hybridized carbons (Fsp3) is 0.400. The van der Waals surface area contributed by atoms with Gasteiger partial charge in [0.25, 0.3) is 5.91 Å². The predicted molar refractivity (Wildman–Crippen MR) is 171 cm³/mol. The number of likely N-dealkylation sites (N-methyl/N-ethyl adjacent to an activating group) is 1. The number of nitrogens with zero attached hydrogens (tertiary/aromatic N) is 2. The standard InChI is InChI=1S/C35H43N3O5/c1-5-38(6-2)26-16-18-30-32(24-26)43-31-23-25(3)15-17-29(31)33(30)27-13-9-10-14-28(27)34(40)37(4)20-22-42-35(41)36-19-11-7-8-12-21-39/h9-10,13-18,23-24,39H,5-8,11-12,19-22H2,1-4H3/p+1. The van der Waals surface area contributed by atoms with E-state index in [0.717, 1.165) is 83.1 Å². The molecule has 1 heterocycles. The van der Waals surface area contributed by atoms with Crippen molar-refractivity contribution in [1.29, 1.82) is 0 Å². The highest BCUT2D eigenvalue weighted by atomic mass is 16.5. The third kappa shape index (κ3) is 7.82. The molecule has 0 fully saturated rings. The van der Waals surface area contributed by atoms with Gasteiger partial charge in [-0.25, -0.2) is 9.37 Å². The molecule has 4 rings (SSSR count). The van der Waals surface area contributed by atoms with Gasteiger partial charge in [0.1, 0.15) is 31.0 Å². The van der Waals surface area contributed by atoms with Crippen LogP contribution < -0.4 is 15.2 Å². The number of unbranched alkanes of at least 4 members (excludes halogenated alkanes) is 3. The lowest BCUT2D eigenvalue weighted by Gasteiger charge is -2.21. The Hall–Kier alpha value is -4.17. The topological polar surface area (TPSA) is 95.0 Å². The fourth-order valence-corrected chi connectivity index (χ4v) is 5.36. The summed E-state index contributed by atoms with van der Waals surface area (Å²) in [6, 6.07) is 20.1. The molecule has 2 N–H and O–H groups in total. The quantitative estimate of drug-likeness (QED) is 0.120. The first-order valence-electron chi connectivity index (χ1n) is 15.3. The largest absolute Gasteiger partial charge is 0.456 e. The Balaban J connectivity index is 1.59. The van der Waals surface area contributed by atoms with Crippen molar-refractivity contribution in [3.8, 4) is 22.5 Å². The number of aliphatic hydroxyl groups excluding tert-OH is 1. The molecule has 228 valence electrons. The second-order valence-corrected chi connectivity index (χ2v) is 10.8. The minimum absolute atomic E-state index is 0.0875. The second-order valence-electron chi connectivity index (χ2n) is 10.8. The Kier molecular flexibility index (Phi) is 11.3. The minimum atomic E-state index is -0.492. The first kappa shape index (κ1) is 31.8. The van der Waals surface area contributed by atoms with Gasteiger partial charge >= 0.3 is 6.09 Å². The lowest BCUT2D eigenvalue weighted by Crippen LogP contribution is -2.33. The van der Waals surface area contributed by atoms with E-state index in [1.807, 2.05) is 37.3 Å². The van der Waals surface area contributed by atoms with Gasteiger partial charge in [-0.05, 0) is 62.9 Å². The summed E-state index contributed by atoms with van der Waals surface area (Å²) in [5.41, 5.74) is 5.14. The maximum absolute atomic E-state index is 13.8. The minimum Gasteiger partial charge on any atom is -0.456 e. The smallest absolute Gasteiger partial charge is 0.407 e. The molecular formula is C35H44N3O5+. The lowest BCUT2D eigenvalue weighted by atomic mass is 9.90. The van der Waals surface area contributed by atoms with Gasteiger partial charge in [-0.1, -0.05) is 43.2 Å². The highest BCUT2D eigenvalue weighted by molar-refractivity contribution is 6.09. The maximum Gasteiger partial charge on any atom is 0.407 e. The van der Waals surface area contributed by atoms with Crippen molar-refractivity contribution in [3.05, 3.63) is 77.1 Å². The van der Waals surface area contributed by atoms with Crippen molar-refractivity contribution < 1.29 is 23.8 Å². The molecule has 2 aromatic rings. The number of hydrogen-bond acceptors (Lipinski definition) is 5. The van der Waals surface area contributed by atoms with E-state index >= 15 is 0 Å². The van der Waals surface area contributed by atoms with E-state index in [1.165, 1.54) is 0 Å². The zero-order valence-electron chi connectivity index (χ0n) is 25.8. The molecule has 43 heavy (non-hydrogen) atoms. The zero-order chi connectivity index (χ0) is 30.8. The first-order chi connectivity index (χ1) is 20.9. The molecule has 0 saturated heterocycles. The van der Waals surface area contributed by atoms with E-state index in [-0.39, 0.29) is 25.7 Å². The van der Waals surface area contributed by atoms with Gasteiger partial charge in [0, 0.05) is 48.3 Å².